The molecule has 2 N–H and O–H groups in total. The number of aliphatic hydroxyl groups is 1. The van der Waals surface area contributed by atoms with Gasteiger partial charge in [-0.2, -0.15) is 0 Å². The van der Waals surface area contributed by atoms with Crippen LogP contribution in [-0.4, -0.2) is 34.1 Å². The molecule has 1 atom stereocenters. The number of carbonyl (C=O) groups excluding carboxylic acids is 2. The molecule has 0 radical (unpaired) electrons. The van der Waals surface area contributed by atoms with Crippen molar-refractivity contribution < 1.29 is 24.3 Å². The minimum absolute atomic E-state index is 0.152. The summed E-state index contributed by atoms with van der Waals surface area (Å²) in [5.41, 5.74) is 0.327. The summed E-state index contributed by atoms with van der Waals surface area (Å²) in [6.07, 6.45) is -1.66. The Morgan fingerprint density at radius 1 is 1.35 bits per heavy atom. The number of aliphatic hydroxyl groups excluding tert-OH is 1. The fraction of sp³-hybridized carbons (Fsp3) is 0.273. The molecule has 1 rings (SSSR count). The first-order valence-electron chi connectivity index (χ1n) is 4.85. The third-order valence-electron chi connectivity index (χ3n) is 2.17. The summed E-state index contributed by atoms with van der Waals surface area (Å²) in [6, 6.07) is 4.92. The highest BCUT2D eigenvalue weighted by atomic mass is 19.1. The molecule has 6 heteroatoms. The van der Waals surface area contributed by atoms with Gasteiger partial charge in [0, 0.05) is 13.5 Å². The number of benzene rings is 1. The van der Waals surface area contributed by atoms with E-state index in [0.29, 0.717) is 5.56 Å². The molecular formula is C11H12FNO4. The molecule has 0 aliphatic carbocycles. The van der Waals surface area contributed by atoms with Gasteiger partial charge in [-0.05, 0) is 17.7 Å². The normalized spacial score (nSPS) is 12.0. The van der Waals surface area contributed by atoms with E-state index in [9.17, 15) is 19.1 Å². The molecular weight excluding hydrogens is 229 g/mol. The van der Waals surface area contributed by atoms with Crippen LogP contribution < -0.4 is 0 Å². The average molecular weight is 241 g/mol. The van der Waals surface area contributed by atoms with E-state index in [1.807, 2.05) is 0 Å². The molecule has 0 aromatic heterocycles. The first-order valence-corrected chi connectivity index (χ1v) is 4.85. The molecule has 5 nitrogen and oxygen atoms in total. The fourth-order valence-corrected chi connectivity index (χ4v) is 1.25. The second-order valence-electron chi connectivity index (χ2n) is 3.52. The molecule has 92 valence electrons. The fourth-order valence-electron chi connectivity index (χ4n) is 1.25. The molecule has 17 heavy (non-hydrogen) atoms. The van der Waals surface area contributed by atoms with Crippen LogP contribution in [0, 0.1) is 5.82 Å². The number of hydrogen-bond donors (Lipinski definition) is 2. The maximum atomic E-state index is 12.6. The van der Waals surface area contributed by atoms with E-state index < -0.39 is 30.0 Å². The van der Waals surface area contributed by atoms with Crippen LogP contribution in [0.15, 0.2) is 24.3 Å². The van der Waals surface area contributed by atoms with Gasteiger partial charge in [0.2, 0.25) is 5.78 Å². The number of likely N-dealkylation sites (N-methyl/N-ethyl adjacent to an activating group) is 1. The van der Waals surface area contributed by atoms with Crippen molar-refractivity contribution in [1.82, 2.24) is 5.06 Å². The highest BCUT2D eigenvalue weighted by Gasteiger charge is 2.21. The van der Waals surface area contributed by atoms with Gasteiger partial charge >= 0.3 is 5.91 Å². The summed E-state index contributed by atoms with van der Waals surface area (Å²) in [4.78, 5) is 22.3. The lowest BCUT2D eigenvalue weighted by atomic mass is 10.0. The van der Waals surface area contributed by atoms with Crippen molar-refractivity contribution in [3.05, 3.63) is 35.6 Å². The maximum Gasteiger partial charge on any atom is 0.313 e. The number of amides is 1. The van der Waals surface area contributed by atoms with Gasteiger partial charge in [0.25, 0.3) is 0 Å². The molecule has 0 fully saturated rings. The molecule has 1 unspecified atom stereocenters. The van der Waals surface area contributed by atoms with Gasteiger partial charge < -0.3 is 5.11 Å². The van der Waals surface area contributed by atoms with Crippen molar-refractivity contribution in [2.24, 2.45) is 0 Å². The lowest BCUT2D eigenvalue weighted by Crippen LogP contribution is -2.31. The van der Waals surface area contributed by atoms with Crippen molar-refractivity contribution in [3.8, 4) is 0 Å². The standard InChI is InChI=1S/C11H12FNO4/c1-13(17)11(16)10(15)6-9(14)7-2-4-8(12)5-3-7/h2-5,9,14,17H,6H2,1H3. The Labute approximate surface area is 97.0 Å². The van der Waals surface area contributed by atoms with Gasteiger partial charge in [0.1, 0.15) is 5.82 Å². The molecule has 0 bridgehead atoms. The van der Waals surface area contributed by atoms with Gasteiger partial charge in [-0.25, -0.2) is 9.45 Å². The maximum absolute atomic E-state index is 12.6. The summed E-state index contributed by atoms with van der Waals surface area (Å²) in [5.74, 6) is -2.49. The highest BCUT2D eigenvalue weighted by Crippen LogP contribution is 2.17. The minimum atomic E-state index is -1.20. The second-order valence-corrected chi connectivity index (χ2v) is 3.52. The van der Waals surface area contributed by atoms with Crippen molar-refractivity contribution in [2.45, 2.75) is 12.5 Å². The van der Waals surface area contributed by atoms with E-state index in [1.165, 1.54) is 12.1 Å². The molecule has 0 spiro atoms. The number of nitrogens with zero attached hydrogens (tertiary/aromatic N) is 1. The SMILES string of the molecule is CN(O)C(=O)C(=O)CC(O)c1ccc(F)cc1. The first-order chi connectivity index (χ1) is 7.91. The van der Waals surface area contributed by atoms with Crippen LogP contribution in [0.5, 0.6) is 0 Å². The predicted octanol–water partition coefficient (Wildman–Crippen LogP) is 0.666. The average Bonchev–Trinajstić information content (AvgIpc) is 2.28. The number of Topliss-reactive ketones (excluding diaryl/α,β-unsaturated/α-hetero) is 1. The van der Waals surface area contributed by atoms with Crippen molar-refractivity contribution in [1.29, 1.82) is 0 Å². The second kappa shape index (κ2) is 5.51. The van der Waals surface area contributed by atoms with E-state index in [4.69, 9.17) is 5.21 Å². The largest absolute Gasteiger partial charge is 0.388 e. The number of carbonyl (C=O) groups is 2. The van der Waals surface area contributed by atoms with Gasteiger partial charge in [-0.3, -0.25) is 14.8 Å². The smallest absolute Gasteiger partial charge is 0.313 e. The van der Waals surface area contributed by atoms with Gasteiger partial charge in [0.05, 0.1) is 6.10 Å². The van der Waals surface area contributed by atoms with E-state index >= 15 is 0 Å². The van der Waals surface area contributed by atoms with E-state index in [0.717, 1.165) is 19.2 Å². The molecule has 1 aromatic carbocycles. The Morgan fingerprint density at radius 2 is 1.88 bits per heavy atom. The summed E-state index contributed by atoms with van der Waals surface area (Å²) in [7, 11) is 1.02. The quantitative estimate of drug-likeness (QED) is 0.461. The summed E-state index contributed by atoms with van der Waals surface area (Å²) < 4.78 is 12.6. The molecule has 1 amide bonds. The molecule has 0 saturated heterocycles. The van der Waals surface area contributed by atoms with Gasteiger partial charge in [0.15, 0.2) is 0 Å². The topological polar surface area (TPSA) is 77.8 Å². The Bertz CT molecular complexity index is 416. The first kappa shape index (κ1) is 13.3. The molecule has 0 saturated carbocycles. The number of ketones is 1. The van der Waals surface area contributed by atoms with Crippen LogP contribution in [0.2, 0.25) is 0 Å². The van der Waals surface area contributed by atoms with Crippen LogP contribution >= 0.6 is 0 Å². The summed E-state index contributed by atoms with van der Waals surface area (Å²) >= 11 is 0. The summed E-state index contributed by atoms with van der Waals surface area (Å²) in [5, 5.41) is 18.5. The lowest BCUT2D eigenvalue weighted by Gasteiger charge is -2.11. The Balaban J connectivity index is 2.66. The zero-order chi connectivity index (χ0) is 13.0. The zero-order valence-electron chi connectivity index (χ0n) is 9.13. The Kier molecular flexibility index (Phi) is 4.30. The lowest BCUT2D eigenvalue weighted by molar-refractivity contribution is -0.166. The molecule has 0 heterocycles. The number of halogens is 1. The third kappa shape index (κ3) is 3.61. The van der Waals surface area contributed by atoms with Crippen LogP contribution in [0.3, 0.4) is 0 Å². The van der Waals surface area contributed by atoms with E-state index in [-0.39, 0.29) is 5.06 Å². The van der Waals surface area contributed by atoms with E-state index in [2.05, 4.69) is 0 Å². The third-order valence-corrected chi connectivity index (χ3v) is 2.17. The highest BCUT2D eigenvalue weighted by molar-refractivity contribution is 6.35. The monoisotopic (exact) mass is 241 g/mol. The van der Waals surface area contributed by atoms with Crippen molar-refractivity contribution >= 4 is 11.7 Å². The van der Waals surface area contributed by atoms with Gasteiger partial charge in [-0.15, -0.1) is 0 Å². The molecule has 0 aliphatic rings. The van der Waals surface area contributed by atoms with E-state index in [1.54, 1.807) is 0 Å². The van der Waals surface area contributed by atoms with Crippen LogP contribution in [0.25, 0.3) is 0 Å². The van der Waals surface area contributed by atoms with Crippen LogP contribution in [0.4, 0.5) is 4.39 Å². The predicted molar refractivity (Wildman–Crippen MR) is 55.5 cm³/mol. The summed E-state index contributed by atoms with van der Waals surface area (Å²) in [6.45, 7) is 0. The number of hydrogen-bond acceptors (Lipinski definition) is 4. The minimum Gasteiger partial charge on any atom is -0.388 e. The van der Waals surface area contributed by atoms with Crippen molar-refractivity contribution in [2.75, 3.05) is 7.05 Å². The molecule has 0 aliphatic heterocycles. The van der Waals surface area contributed by atoms with Crippen molar-refractivity contribution in [3.63, 3.8) is 0 Å². The Morgan fingerprint density at radius 3 is 2.35 bits per heavy atom. The number of hydroxylamine groups is 2. The Hall–Kier alpha value is -1.79. The van der Waals surface area contributed by atoms with Crippen LogP contribution in [-0.2, 0) is 9.59 Å². The zero-order valence-corrected chi connectivity index (χ0v) is 9.13. The van der Waals surface area contributed by atoms with Gasteiger partial charge in [-0.1, -0.05) is 12.1 Å². The molecule has 1 aromatic rings. The van der Waals surface area contributed by atoms with Crippen LogP contribution in [0.1, 0.15) is 18.1 Å². The number of rotatable bonds is 4.